The summed E-state index contributed by atoms with van der Waals surface area (Å²) in [6, 6.07) is 9.93. The zero-order chi connectivity index (χ0) is 19.0. The van der Waals surface area contributed by atoms with Gasteiger partial charge in [0, 0.05) is 18.1 Å². The van der Waals surface area contributed by atoms with Gasteiger partial charge in [-0.05, 0) is 30.3 Å². The molecule has 9 heteroatoms. The lowest BCUT2D eigenvalue weighted by molar-refractivity contribution is 0.0748. The molecule has 0 bridgehead atoms. The minimum atomic E-state index is -1.90. The van der Waals surface area contributed by atoms with Crippen molar-refractivity contribution in [1.82, 2.24) is 20.2 Å². The molecule has 6 nitrogen and oxygen atoms in total. The van der Waals surface area contributed by atoms with Crippen molar-refractivity contribution >= 4 is 21.6 Å². The van der Waals surface area contributed by atoms with Crippen LogP contribution in [0.5, 0.6) is 0 Å². The van der Waals surface area contributed by atoms with Crippen molar-refractivity contribution in [2.75, 3.05) is 0 Å². The Kier molecular flexibility index (Phi) is 4.14. The summed E-state index contributed by atoms with van der Waals surface area (Å²) >= 11 is 1.13. The maximum Gasteiger partial charge on any atom is 0.151 e. The van der Waals surface area contributed by atoms with Gasteiger partial charge < -0.3 is 5.11 Å². The second-order valence-electron chi connectivity index (χ2n) is 5.91. The third-order valence-corrected chi connectivity index (χ3v) is 5.31. The van der Waals surface area contributed by atoms with Gasteiger partial charge in [0.05, 0.1) is 21.8 Å². The van der Waals surface area contributed by atoms with Crippen LogP contribution in [0, 0.1) is 23.0 Å². The topological polar surface area (TPSA) is 98.5 Å². The van der Waals surface area contributed by atoms with Crippen LogP contribution in [0.2, 0.25) is 0 Å². The number of rotatable bonds is 4. The van der Waals surface area contributed by atoms with Crippen LogP contribution in [0.1, 0.15) is 22.0 Å². The largest absolute Gasteiger partial charge is 0.377 e. The van der Waals surface area contributed by atoms with Crippen LogP contribution in [0.25, 0.3) is 10.2 Å². The van der Waals surface area contributed by atoms with Crippen LogP contribution >= 0.6 is 11.3 Å². The van der Waals surface area contributed by atoms with Gasteiger partial charge in [-0.15, -0.1) is 11.3 Å². The van der Waals surface area contributed by atoms with Gasteiger partial charge in [0.15, 0.2) is 5.60 Å². The molecular weight excluding hydrogens is 372 g/mol. The van der Waals surface area contributed by atoms with Gasteiger partial charge in [-0.3, -0.25) is 5.10 Å². The van der Waals surface area contributed by atoms with Crippen molar-refractivity contribution in [3.05, 3.63) is 76.3 Å². The molecule has 27 heavy (non-hydrogen) atoms. The van der Waals surface area contributed by atoms with Gasteiger partial charge in [-0.1, -0.05) is 0 Å². The fourth-order valence-corrected chi connectivity index (χ4v) is 3.95. The normalized spacial score (nSPS) is 13.4. The van der Waals surface area contributed by atoms with Crippen molar-refractivity contribution in [2.24, 2.45) is 0 Å². The molecule has 0 saturated carbocycles. The molecule has 134 valence electrons. The minimum Gasteiger partial charge on any atom is -0.377 e. The van der Waals surface area contributed by atoms with E-state index in [1.54, 1.807) is 18.2 Å². The molecular formula is C18H11F2N5OS. The summed E-state index contributed by atoms with van der Waals surface area (Å²) in [5.41, 5.74) is -1.01. The number of thiazole rings is 1. The number of aromatic amines is 1. The summed E-state index contributed by atoms with van der Waals surface area (Å²) in [7, 11) is 0. The molecule has 2 N–H and O–H groups in total. The Labute approximate surface area is 155 Å². The fourth-order valence-electron chi connectivity index (χ4n) is 2.84. The summed E-state index contributed by atoms with van der Waals surface area (Å²) in [4.78, 5) is 8.41. The lowest BCUT2D eigenvalue weighted by atomic mass is 9.90. The number of nitrogens with one attached hydrogen (secondary N) is 1. The lowest BCUT2D eigenvalue weighted by Gasteiger charge is -2.26. The number of fused-ring (bicyclic) bond motifs is 1. The van der Waals surface area contributed by atoms with E-state index in [0.717, 1.165) is 17.4 Å². The van der Waals surface area contributed by atoms with E-state index in [0.29, 0.717) is 27.7 Å². The minimum absolute atomic E-state index is 0.125. The SMILES string of the molecule is N#Cc1ccc2nc(C(O)(Cc3ncn[nH]3)c3ccc(F)cc3F)sc2c1. The summed E-state index contributed by atoms with van der Waals surface area (Å²) in [5, 5.41) is 27.1. The number of benzene rings is 2. The Morgan fingerprint density at radius 3 is 2.78 bits per heavy atom. The van der Waals surface area contributed by atoms with E-state index in [-0.39, 0.29) is 17.0 Å². The zero-order valence-corrected chi connectivity index (χ0v) is 14.5. The molecule has 1 unspecified atom stereocenters. The Balaban J connectivity index is 1.91. The Morgan fingerprint density at radius 2 is 2.07 bits per heavy atom. The molecule has 0 fully saturated rings. The van der Waals surface area contributed by atoms with Crippen LogP contribution in [0.4, 0.5) is 8.78 Å². The fraction of sp³-hybridized carbons (Fsp3) is 0.111. The molecule has 4 rings (SSSR count). The van der Waals surface area contributed by atoms with Gasteiger partial charge in [-0.25, -0.2) is 18.7 Å². The standard InChI is InChI=1S/C18H11F2N5OS/c19-11-2-3-12(13(20)6-11)18(26,7-16-22-9-23-25-16)17-24-14-4-1-10(8-21)5-15(14)27-17/h1-6,9,26H,7H2,(H,22,23,25). The molecule has 4 aromatic rings. The monoisotopic (exact) mass is 383 g/mol. The van der Waals surface area contributed by atoms with Crippen LogP contribution < -0.4 is 0 Å². The number of nitrogens with zero attached hydrogens (tertiary/aromatic N) is 4. The number of H-pyrrole nitrogens is 1. The smallest absolute Gasteiger partial charge is 0.151 e. The summed E-state index contributed by atoms with van der Waals surface area (Å²) in [6.07, 6.45) is 1.13. The number of hydrogen-bond donors (Lipinski definition) is 2. The highest BCUT2D eigenvalue weighted by atomic mass is 32.1. The number of nitriles is 1. The zero-order valence-electron chi connectivity index (χ0n) is 13.6. The second kappa shape index (κ2) is 6.50. The molecule has 1 atom stereocenters. The van der Waals surface area contributed by atoms with E-state index < -0.39 is 17.2 Å². The highest BCUT2D eigenvalue weighted by Crippen LogP contribution is 2.38. The second-order valence-corrected chi connectivity index (χ2v) is 6.94. The summed E-state index contributed by atoms with van der Waals surface area (Å²) in [5.74, 6) is -1.33. The van der Waals surface area contributed by atoms with Crippen LogP contribution in [-0.2, 0) is 12.0 Å². The molecule has 0 amide bonds. The van der Waals surface area contributed by atoms with Crippen molar-refractivity contribution in [1.29, 1.82) is 5.26 Å². The van der Waals surface area contributed by atoms with Crippen LogP contribution in [0.3, 0.4) is 0 Å². The van der Waals surface area contributed by atoms with Gasteiger partial charge in [0.25, 0.3) is 0 Å². The molecule has 0 aliphatic heterocycles. The van der Waals surface area contributed by atoms with Crippen molar-refractivity contribution in [2.45, 2.75) is 12.0 Å². The van der Waals surface area contributed by atoms with E-state index in [1.807, 2.05) is 6.07 Å². The lowest BCUT2D eigenvalue weighted by Crippen LogP contribution is -2.31. The molecule has 2 aromatic heterocycles. The van der Waals surface area contributed by atoms with Crippen molar-refractivity contribution in [3.63, 3.8) is 0 Å². The third-order valence-electron chi connectivity index (χ3n) is 4.14. The highest BCUT2D eigenvalue weighted by Gasteiger charge is 2.39. The van der Waals surface area contributed by atoms with Crippen LogP contribution in [-0.4, -0.2) is 25.3 Å². The highest BCUT2D eigenvalue weighted by molar-refractivity contribution is 7.18. The number of halogens is 2. The number of aliphatic hydroxyl groups is 1. The van der Waals surface area contributed by atoms with Crippen LogP contribution in [0.15, 0.2) is 42.7 Å². The van der Waals surface area contributed by atoms with E-state index in [1.165, 1.54) is 12.4 Å². The maximum absolute atomic E-state index is 14.5. The molecule has 0 aliphatic carbocycles. The Hall–Kier alpha value is -3.22. The maximum atomic E-state index is 14.5. The van der Waals surface area contributed by atoms with E-state index in [9.17, 15) is 13.9 Å². The summed E-state index contributed by atoms with van der Waals surface area (Å²) < 4.78 is 28.6. The first-order valence-electron chi connectivity index (χ1n) is 7.83. The number of hydrogen-bond acceptors (Lipinski definition) is 6. The predicted octanol–water partition coefficient (Wildman–Crippen LogP) is 3.04. The van der Waals surface area contributed by atoms with E-state index >= 15 is 0 Å². The number of aromatic nitrogens is 4. The van der Waals surface area contributed by atoms with Crippen molar-refractivity contribution < 1.29 is 13.9 Å². The molecule has 0 saturated heterocycles. The first-order valence-corrected chi connectivity index (χ1v) is 8.64. The van der Waals surface area contributed by atoms with Gasteiger partial charge >= 0.3 is 0 Å². The molecule has 0 radical (unpaired) electrons. The molecule has 2 aromatic carbocycles. The van der Waals surface area contributed by atoms with E-state index in [2.05, 4.69) is 20.2 Å². The Bertz CT molecular complexity index is 1170. The van der Waals surface area contributed by atoms with Gasteiger partial charge in [-0.2, -0.15) is 10.4 Å². The molecule has 2 heterocycles. The molecule has 0 aliphatic rings. The Morgan fingerprint density at radius 1 is 1.22 bits per heavy atom. The average Bonchev–Trinajstić information content (AvgIpc) is 3.30. The molecule has 0 spiro atoms. The van der Waals surface area contributed by atoms with E-state index in [4.69, 9.17) is 5.26 Å². The average molecular weight is 383 g/mol. The third kappa shape index (κ3) is 3.05. The first kappa shape index (κ1) is 17.2. The summed E-state index contributed by atoms with van der Waals surface area (Å²) in [6.45, 7) is 0. The van der Waals surface area contributed by atoms with Gasteiger partial charge in [0.2, 0.25) is 0 Å². The first-order chi connectivity index (χ1) is 13.0. The van der Waals surface area contributed by atoms with Crippen molar-refractivity contribution in [3.8, 4) is 6.07 Å². The predicted molar refractivity (Wildman–Crippen MR) is 93.8 cm³/mol. The van der Waals surface area contributed by atoms with Gasteiger partial charge in [0.1, 0.15) is 28.8 Å². The quantitative estimate of drug-likeness (QED) is 0.564.